The summed E-state index contributed by atoms with van der Waals surface area (Å²) < 4.78 is 12.0. The molecular formula is C23H21N5O4S. The average Bonchev–Trinajstić information content (AvgIpc) is 3.59. The molecule has 33 heavy (non-hydrogen) atoms. The quantitative estimate of drug-likeness (QED) is 0.453. The number of methoxy groups -OCH3 is 2. The highest BCUT2D eigenvalue weighted by Crippen LogP contribution is 2.29. The molecular weight excluding hydrogens is 442 g/mol. The lowest BCUT2D eigenvalue weighted by Crippen LogP contribution is -2.21. The second-order valence-electron chi connectivity index (χ2n) is 7.53. The number of benzene rings is 1. The van der Waals surface area contributed by atoms with Crippen LogP contribution in [0.1, 0.15) is 28.0 Å². The summed E-state index contributed by atoms with van der Waals surface area (Å²) in [5, 5.41) is 9.47. The van der Waals surface area contributed by atoms with Gasteiger partial charge < -0.3 is 14.8 Å². The van der Waals surface area contributed by atoms with Crippen LogP contribution in [0.4, 0.5) is 5.82 Å². The number of aryl methyl sites for hydroxylation is 1. The monoisotopic (exact) mass is 463 g/mol. The number of hydrogen-bond donors (Lipinski definition) is 2. The molecule has 0 bridgehead atoms. The van der Waals surface area contributed by atoms with E-state index in [1.54, 1.807) is 24.3 Å². The van der Waals surface area contributed by atoms with Crippen LogP contribution < -0.4 is 20.3 Å². The smallest absolute Gasteiger partial charge is 0.257 e. The molecule has 168 valence electrons. The van der Waals surface area contributed by atoms with Crippen LogP contribution in [0.2, 0.25) is 0 Å². The van der Waals surface area contributed by atoms with Crippen LogP contribution >= 0.6 is 11.3 Å². The SMILES string of the molecule is COc1cc(OC)cc(C(=O)Nc2cc(-c3cccs3)nn2-c2nc3c(c(=O)[nH]2)CCC3)c1. The number of aromatic amines is 1. The molecule has 1 aliphatic rings. The maximum Gasteiger partial charge on any atom is 0.257 e. The predicted molar refractivity (Wildman–Crippen MR) is 125 cm³/mol. The highest BCUT2D eigenvalue weighted by atomic mass is 32.1. The number of ether oxygens (including phenoxy) is 2. The van der Waals surface area contributed by atoms with Crippen LogP contribution in [-0.4, -0.2) is 39.9 Å². The third-order valence-corrected chi connectivity index (χ3v) is 6.36. The number of H-pyrrole nitrogens is 1. The first kappa shape index (κ1) is 21.0. The van der Waals surface area contributed by atoms with E-state index in [4.69, 9.17) is 9.47 Å². The van der Waals surface area contributed by atoms with E-state index in [0.717, 1.165) is 35.4 Å². The Morgan fingerprint density at radius 2 is 1.94 bits per heavy atom. The number of nitrogens with zero attached hydrogens (tertiary/aromatic N) is 3. The third kappa shape index (κ3) is 4.00. The van der Waals surface area contributed by atoms with Crippen LogP contribution in [0.15, 0.2) is 46.6 Å². The summed E-state index contributed by atoms with van der Waals surface area (Å²) >= 11 is 1.53. The fourth-order valence-corrected chi connectivity index (χ4v) is 4.51. The van der Waals surface area contributed by atoms with E-state index in [-0.39, 0.29) is 17.4 Å². The minimum atomic E-state index is -0.380. The first-order valence-electron chi connectivity index (χ1n) is 10.4. The molecule has 1 aliphatic carbocycles. The molecule has 0 unspecified atom stereocenters. The number of amides is 1. The van der Waals surface area contributed by atoms with E-state index < -0.39 is 0 Å². The van der Waals surface area contributed by atoms with Crippen molar-refractivity contribution in [3.63, 3.8) is 0 Å². The lowest BCUT2D eigenvalue weighted by atomic mass is 10.2. The summed E-state index contributed by atoms with van der Waals surface area (Å²) in [5.41, 5.74) is 2.34. The Kier molecular flexibility index (Phi) is 5.43. The zero-order valence-corrected chi connectivity index (χ0v) is 18.9. The normalized spacial score (nSPS) is 12.4. The van der Waals surface area contributed by atoms with Crippen molar-refractivity contribution in [3.05, 3.63) is 69.0 Å². The Bertz CT molecular complexity index is 1370. The zero-order chi connectivity index (χ0) is 22.9. The summed E-state index contributed by atoms with van der Waals surface area (Å²) in [6.07, 6.45) is 2.37. The number of nitrogens with one attached hydrogen (secondary N) is 2. The summed E-state index contributed by atoms with van der Waals surface area (Å²) in [6.45, 7) is 0. The Hall–Kier alpha value is -3.92. The van der Waals surface area contributed by atoms with Gasteiger partial charge in [0.05, 0.1) is 24.8 Å². The first-order chi connectivity index (χ1) is 16.1. The van der Waals surface area contributed by atoms with E-state index in [9.17, 15) is 9.59 Å². The summed E-state index contributed by atoms with van der Waals surface area (Å²) in [6, 6.07) is 10.6. The summed E-state index contributed by atoms with van der Waals surface area (Å²) in [7, 11) is 3.05. The number of anilines is 1. The molecule has 0 atom stereocenters. The standard InChI is InChI=1S/C23H21N5O4S/c1-31-14-9-13(10-15(11-14)32-2)21(29)25-20-12-18(19-7-4-8-33-19)27-28(20)23-24-17-6-3-5-16(17)22(30)26-23/h4,7-12H,3,5-6H2,1-2H3,(H,25,29)(H,24,26,30). The molecule has 0 fully saturated rings. The molecule has 10 heteroatoms. The van der Waals surface area contributed by atoms with Gasteiger partial charge in [0.25, 0.3) is 11.5 Å². The number of hydrogen-bond acceptors (Lipinski definition) is 7. The van der Waals surface area contributed by atoms with Crippen molar-refractivity contribution in [1.82, 2.24) is 19.7 Å². The van der Waals surface area contributed by atoms with Gasteiger partial charge in [-0.25, -0.2) is 4.98 Å². The molecule has 2 N–H and O–H groups in total. The predicted octanol–water partition coefficient (Wildman–Crippen LogP) is 3.44. The van der Waals surface area contributed by atoms with Crippen molar-refractivity contribution in [3.8, 4) is 28.0 Å². The third-order valence-electron chi connectivity index (χ3n) is 5.47. The van der Waals surface area contributed by atoms with E-state index >= 15 is 0 Å². The summed E-state index contributed by atoms with van der Waals surface area (Å²) in [4.78, 5) is 34.1. The van der Waals surface area contributed by atoms with Crippen molar-refractivity contribution >= 4 is 23.1 Å². The van der Waals surface area contributed by atoms with Gasteiger partial charge in [-0.2, -0.15) is 9.78 Å². The maximum absolute atomic E-state index is 13.1. The number of carbonyl (C=O) groups is 1. The minimum absolute atomic E-state index is 0.171. The highest BCUT2D eigenvalue weighted by Gasteiger charge is 2.21. The van der Waals surface area contributed by atoms with Gasteiger partial charge in [-0.15, -0.1) is 11.3 Å². The van der Waals surface area contributed by atoms with Gasteiger partial charge in [0.15, 0.2) is 0 Å². The van der Waals surface area contributed by atoms with Crippen molar-refractivity contribution in [2.45, 2.75) is 19.3 Å². The van der Waals surface area contributed by atoms with Gasteiger partial charge in [0, 0.05) is 23.3 Å². The fourth-order valence-electron chi connectivity index (χ4n) is 3.83. The van der Waals surface area contributed by atoms with Gasteiger partial charge in [-0.05, 0) is 42.8 Å². The Morgan fingerprint density at radius 3 is 2.64 bits per heavy atom. The molecule has 1 amide bonds. The number of carbonyl (C=O) groups excluding carboxylic acids is 1. The molecule has 3 aromatic heterocycles. The second-order valence-corrected chi connectivity index (χ2v) is 8.48. The van der Waals surface area contributed by atoms with Crippen LogP contribution in [0, 0.1) is 0 Å². The largest absolute Gasteiger partial charge is 0.497 e. The maximum atomic E-state index is 13.1. The number of aromatic nitrogens is 4. The zero-order valence-electron chi connectivity index (χ0n) is 18.0. The van der Waals surface area contributed by atoms with Crippen LogP contribution in [-0.2, 0) is 12.8 Å². The topological polar surface area (TPSA) is 111 Å². The van der Waals surface area contributed by atoms with Crippen molar-refractivity contribution in [1.29, 1.82) is 0 Å². The van der Waals surface area contributed by atoms with Crippen molar-refractivity contribution in [2.24, 2.45) is 0 Å². The molecule has 3 heterocycles. The number of rotatable bonds is 6. The van der Waals surface area contributed by atoms with E-state index in [2.05, 4.69) is 20.4 Å². The second kappa shape index (κ2) is 8.55. The van der Waals surface area contributed by atoms with Crippen LogP contribution in [0.5, 0.6) is 11.5 Å². The molecule has 0 aliphatic heterocycles. The van der Waals surface area contributed by atoms with Crippen LogP contribution in [0.25, 0.3) is 16.5 Å². The summed E-state index contributed by atoms with van der Waals surface area (Å²) in [5.74, 6) is 1.26. The van der Waals surface area contributed by atoms with Gasteiger partial charge in [-0.3, -0.25) is 14.6 Å². The van der Waals surface area contributed by atoms with Gasteiger partial charge in [0.2, 0.25) is 5.95 Å². The average molecular weight is 464 g/mol. The molecule has 0 radical (unpaired) electrons. The van der Waals surface area contributed by atoms with Gasteiger partial charge >= 0.3 is 0 Å². The molecule has 0 saturated heterocycles. The Morgan fingerprint density at radius 1 is 1.15 bits per heavy atom. The van der Waals surface area contributed by atoms with E-state index in [0.29, 0.717) is 28.6 Å². The molecule has 4 aromatic rings. The molecule has 5 rings (SSSR count). The molecule has 1 aromatic carbocycles. The number of fused-ring (bicyclic) bond motifs is 1. The first-order valence-corrected chi connectivity index (χ1v) is 11.2. The minimum Gasteiger partial charge on any atom is -0.497 e. The molecule has 0 saturated carbocycles. The van der Waals surface area contributed by atoms with Crippen molar-refractivity contribution < 1.29 is 14.3 Å². The van der Waals surface area contributed by atoms with E-state index in [1.807, 2.05) is 17.5 Å². The Balaban J connectivity index is 1.57. The van der Waals surface area contributed by atoms with Gasteiger partial charge in [-0.1, -0.05) is 6.07 Å². The molecule has 0 spiro atoms. The van der Waals surface area contributed by atoms with Gasteiger partial charge in [0.1, 0.15) is 23.0 Å². The van der Waals surface area contributed by atoms with Crippen molar-refractivity contribution in [2.75, 3.05) is 19.5 Å². The number of thiophene rings is 1. The lowest BCUT2D eigenvalue weighted by Gasteiger charge is -2.11. The fraction of sp³-hybridized carbons (Fsp3) is 0.217. The van der Waals surface area contributed by atoms with E-state index in [1.165, 1.54) is 30.2 Å². The van der Waals surface area contributed by atoms with Crippen LogP contribution in [0.3, 0.4) is 0 Å². The Labute approximate surface area is 193 Å². The highest BCUT2D eigenvalue weighted by molar-refractivity contribution is 7.13. The lowest BCUT2D eigenvalue weighted by molar-refractivity contribution is 0.102. The molecule has 9 nitrogen and oxygen atoms in total.